The number of carbonyl (C=O) groups excluding carboxylic acids is 2. The number of benzene rings is 2. The van der Waals surface area contributed by atoms with Gasteiger partial charge in [0.2, 0.25) is 5.91 Å². The predicted octanol–water partition coefficient (Wildman–Crippen LogP) is 2.91. The van der Waals surface area contributed by atoms with Crippen LogP contribution in [0.4, 0.5) is 18.9 Å². The van der Waals surface area contributed by atoms with E-state index in [4.69, 9.17) is 31.6 Å². The third-order valence-corrected chi connectivity index (χ3v) is 7.60. The second-order valence-corrected chi connectivity index (χ2v) is 10.3. The summed E-state index contributed by atoms with van der Waals surface area (Å²) in [6.07, 6.45) is 2.38. The number of fused-ring (bicyclic) bond motifs is 1. The highest BCUT2D eigenvalue weighted by atomic mass is 32.2. The van der Waals surface area contributed by atoms with Crippen LogP contribution < -0.4 is 16.4 Å². The van der Waals surface area contributed by atoms with E-state index < -0.39 is 47.7 Å². The number of hydrogen-bond acceptors (Lipinski definition) is 7. The molecule has 2 aliphatic rings. The predicted molar refractivity (Wildman–Crippen MR) is 151 cm³/mol. The van der Waals surface area contributed by atoms with E-state index in [1.54, 1.807) is 42.5 Å². The molecular formula is C28H28F3N3O8S. The van der Waals surface area contributed by atoms with E-state index in [1.807, 2.05) is 36.4 Å². The minimum atomic E-state index is -5.08. The van der Waals surface area contributed by atoms with Crippen LogP contribution >= 0.6 is 11.8 Å². The number of nitrogens with zero attached hydrogens (tertiary/aromatic N) is 1. The monoisotopic (exact) mass is 623 g/mol. The zero-order chi connectivity index (χ0) is 32.3. The SMILES string of the molecule is NC(=O)C1SC2C=CC=CC2C1C(=O)O.NCc1cccc(C(=O)N(CC(=O)O)c2ccccc2)c1.O=C(O)C(F)(F)F. The molecule has 1 saturated heterocycles. The van der Waals surface area contributed by atoms with Crippen molar-refractivity contribution in [3.05, 3.63) is 90.0 Å². The van der Waals surface area contributed by atoms with Gasteiger partial charge in [-0.15, -0.1) is 11.8 Å². The molecule has 11 nitrogen and oxygen atoms in total. The summed E-state index contributed by atoms with van der Waals surface area (Å²) < 4.78 is 31.7. The summed E-state index contributed by atoms with van der Waals surface area (Å²) in [5.74, 6) is -6.48. The normalized spacial score (nSPS) is 19.9. The van der Waals surface area contributed by atoms with Gasteiger partial charge in [-0.25, -0.2) is 4.79 Å². The quantitative estimate of drug-likeness (QED) is 0.305. The molecule has 0 aromatic heterocycles. The van der Waals surface area contributed by atoms with Crippen LogP contribution in [-0.2, 0) is 25.7 Å². The van der Waals surface area contributed by atoms with Crippen molar-refractivity contribution in [2.75, 3.05) is 11.4 Å². The molecule has 43 heavy (non-hydrogen) atoms. The van der Waals surface area contributed by atoms with E-state index in [1.165, 1.54) is 16.7 Å². The summed E-state index contributed by atoms with van der Waals surface area (Å²) in [4.78, 5) is 56.0. The Morgan fingerprint density at radius 3 is 2.02 bits per heavy atom. The van der Waals surface area contributed by atoms with Gasteiger partial charge in [-0.1, -0.05) is 54.6 Å². The minimum absolute atomic E-state index is 0.0635. The van der Waals surface area contributed by atoms with Gasteiger partial charge in [0.05, 0.1) is 11.2 Å². The molecular weight excluding hydrogens is 595 g/mol. The lowest BCUT2D eigenvalue weighted by atomic mass is 9.85. The third kappa shape index (κ3) is 10.0. The number of thioether (sulfide) groups is 1. The lowest BCUT2D eigenvalue weighted by Crippen LogP contribution is -2.36. The number of allylic oxidation sites excluding steroid dienone is 3. The van der Waals surface area contributed by atoms with Crippen LogP contribution in [0.2, 0.25) is 0 Å². The summed E-state index contributed by atoms with van der Waals surface area (Å²) in [7, 11) is 0. The van der Waals surface area contributed by atoms with Crippen molar-refractivity contribution in [2.45, 2.75) is 23.2 Å². The number of alkyl halides is 3. The molecule has 2 amide bonds. The molecule has 7 N–H and O–H groups in total. The van der Waals surface area contributed by atoms with E-state index >= 15 is 0 Å². The number of aliphatic carboxylic acids is 3. The molecule has 0 spiro atoms. The van der Waals surface area contributed by atoms with Crippen LogP contribution in [0, 0.1) is 11.8 Å². The fraction of sp³-hybridized carbons (Fsp3) is 0.250. The first-order chi connectivity index (χ1) is 20.2. The van der Waals surface area contributed by atoms with Crippen molar-refractivity contribution >= 4 is 47.2 Å². The molecule has 0 bridgehead atoms. The van der Waals surface area contributed by atoms with Crippen molar-refractivity contribution in [3.8, 4) is 0 Å². The molecule has 4 atom stereocenters. The van der Waals surface area contributed by atoms with Crippen molar-refractivity contribution < 1.29 is 52.5 Å². The lowest BCUT2D eigenvalue weighted by Gasteiger charge is -2.21. The first-order valence-electron chi connectivity index (χ1n) is 12.4. The van der Waals surface area contributed by atoms with Gasteiger partial charge >= 0.3 is 24.1 Å². The van der Waals surface area contributed by atoms with Crippen molar-refractivity contribution in [1.29, 1.82) is 0 Å². The average Bonchev–Trinajstić information content (AvgIpc) is 3.37. The molecule has 0 saturated carbocycles. The number of hydrogen-bond donors (Lipinski definition) is 5. The maximum Gasteiger partial charge on any atom is 0.490 e. The molecule has 1 aliphatic carbocycles. The Morgan fingerprint density at radius 1 is 0.907 bits per heavy atom. The maximum absolute atomic E-state index is 12.6. The number of nitrogens with two attached hydrogens (primary N) is 2. The lowest BCUT2D eigenvalue weighted by molar-refractivity contribution is -0.192. The molecule has 2 aromatic carbocycles. The first kappa shape index (κ1) is 34.6. The van der Waals surface area contributed by atoms with Gasteiger partial charge in [0, 0.05) is 29.0 Å². The first-order valence-corrected chi connectivity index (χ1v) is 13.3. The Morgan fingerprint density at radius 2 is 1.51 bits per heavy atom. The fourth-order valence-corrected chi connectivity index (χ4v) is 5.63. The van der Waals surface area contributed by atoms with Crippen LogP contribution in [-0.4, -0.2) is 68.3 Å². The smallest absolute Gasteiger partial charge is 0.481 e. The Bertz CT molecular complexity index is 1380. The van der Waals surface area contributed by atoms with Crippen LogP contribution in [0.1, 0.15) is 15.9 Å². The molecule has 4 rings (SSSR count). The molecule has 1 heterocycles. The van der Waals surface area contributed by atoms with Gasteiger partial charge in [0.25, 0.3) is 5.91 Å². The number of para-hydroxylation sites is 1. The molecule has 2 aromatic rings. The highest BCUT2D eigenvalue weighted by molar-refractivity contribution is 8.01. The topological polar surface area (TPSA) is 201 Å². The average molecular weight is 624 g/mol. The Hall–Kier alpha value is -4.63. The zero-order valence-electron chi connectivity index (χ0n) is 22.3. The van der Waals surface area contributed by atoms with Gasteiger partial charge < -0.3 is 26.8 Å². The molecule has 4 unspecified atom stereocenters. The zero-order valence-corrected chi connectivity index (χ0v) is 23.1. The minimum Gasteiger partial charge on any atom is -0.481 e. The number of carbonyl (C=O) groups is 5. The summed E-state index contributed by atoms with van der Waals surface area (Å²) in [6, 6.07) is 15.6. The van der Waals surface area contributed by atoms with E-state index in [0.717, 1.165) is 5.56 Å². The maximum atomic E-state index is 12.6. The Kier molecular flexibility index (Phi) is 12.5. The molecule has 1 fully saturated rings. The van der Waals surface area contributed by atoms with Gasteiger partial charge in [-0.2, -0.15) is 13.2 Å². The van der Waals surface area contributed by atoms with E-state index in [0.29, 0.717) is 17.8 Å². The molecule has 230 valence electrons. The summed E-state index contributed by atoms with van der Waals surface area (Å²) in [6.45, 7) is -0.0684. The summed E-state index contributed by atoms with van der Waals surface area (Å²) in [5, 5.41) is 24.7. The largest absolute Gasteiger partial charge is 0.490 e. The van der Waals surface area contributed by atoms with E-state index in [-0.39, 0.29) is 17.1 Å². The number of anilines is 1. The van der Waals surface area contributed by atoms with Crippen molar-refractivity contribution in [1.82, 2.24) is 0 Å². The number of carboxylic acids is 3. The Labute approximate surface area is 247 Å². The number of amides is 2. The molecule has 15 heteroatoms. The molecule has 0 radical (unpaired) electrons. The number of primary amides is 1. The van der Waals surface area contributed by atoms with Crippen molar-refractivity contribution in [3.63, 3.8) is 0 Å². The highest BCUT2D eigenvalue weighted by Gasteiger charge is 2.48. The summed E-state index contributed by atoms with van der Waals surface area (Å²) in [5.41, 5.74) is 12.6. The fourth-order valence-electron chi connectivity index (χ4n) is 4.07. The second kappa shape index (κ2) is 15.6. The number of carboxylic acid groups (broad SMARTS) is 3. The van der Waals surface area contributed by atoms with Crippen LogP contribution in [0.3, 0.4) is 0 Å². The van der Waals surface area contributed by atoms with E-state index in [9.17, 15) is 32.3 Å². The second-order valence-electron chi connectivity index (χ2n) is 8.96. The highest BCUT2D eigenvalue weighted by Crippen LogP contribution is 2.45. The van der Waals surface area contributed by atoms with Crippen LogP contribution in [0.15, 0.2) is 78.9 Å². The van der Waals surface area contributed by atoms with Crippen LogP contribution in [0.25, 0.3) is 0 Å². The molecule has 1 aliphatic heterocycles. The van der Waals surface area contributed by atoms with Crippen molar-refractivity contribution in [2.24, 2.45) is 23.3 Å². The van der Waals surface area contributed by atoms with Gasteiger partial charge in [0.1, 0.15) is 6.54 Å². The van der Waals surface area contributed by atoms with Gasteiger partial charge in [-0.3, -0.25) is 24.1 Å². The van der Waals surface area contributed by atoms with Gasteiger partial charge in [0.15, 0.2) is 0 Å². The standard InChI is InChI=1S/C16H16N2O3.C10H11NO3S.C2HF3O2/c17-10-12-5-4-6-13(9-12)16(21)18(11-15(19)20)14-7-2-1-3-8-14;11-9(12)8-7(10(13)14)5-3-1-2-4-6(5)15-8;3-2(4,5)1(6)7/h1-9H,10-11,17H2,(H,19,20);1-8H,(H2,11,12)(H,13,14);(H,6,7). The number of rotatable bonds is 7. The van der Waals surface area contributed by atoms with Crippen LogP contribution in [0.5, 0.6) is 0 Å². The van der Waals surface area contributed by atoms with E-state index in [2.05, 4.69) is 0 Å². The van der Waals surface area contributed by atoms with Gasteiger partial charge in [-0.05, 0) is 29.8 Å². The summed E-state index contributed by atoms with van der Waals surface area (Å²) >= 11 is 1.35. The Balaban J connectivity index is 0.000000255. The number of halogens is 3. The third-order valence-electron chi connectivity index (χ3n) is 5.99.